The normalized spacial score (nSPS) is 22.9. The van der Waals surface area contributed by atoms with Gasteiger partial charge in [0.1, 0.15) is 11.7 Å². The van der Waals surface area contributed by atoms with Gasteiger partial charge in [0.05, 0.1) is 31.8 Å². The van der Waals surface area contributed by atoms with Gasteiger partial charge in [0.2, 0.25) is 0 Å². The summed E-state index contributed by atoms with van der Waals surface area (Å²) in [7, 11) is 1.57. The van der Waals surface area contributed by atoms with Crippen molar-refractivity contribution < 1.29 is 28.6 Å². The number of hydrogen-bond acceptors (Lipinski definition) is 7. The molecule has 1 aliphatic heterocycles. The molecule has 0 bridgehead atoms. The molecule has 0 N–H and O–H groups in total. The van der Waals surface area contributed by atoms with Crippen molar-refractivity contribution in [3.05, 3.63) is 74.9 Å². The summed E-state index contributed by atoms with van der Waals surface area (Å²) in [6, 6.07) is 12.2. The monoisotopic (exact) mass is 557 g/mol. The van der Waals surface area contributed by atoms with E-state index in [1.54, 1.807) is 58.2 Å². The van der Waals surface area contributed by atoms with Crippen LogP contribution in [-0.2, 0) is 23.9 Å². The highest BCUT2D eigenvalue weighted by atomic mass is 35.5. The van der Waals surface area contributed by atoms with Gasteiger partial charge in [0, 0.05) is 33.3 Å². The molecule has 1 fully saturated rings. The molecule has 4 rings (SSSR count). The minimum atomic E-state index is -1.09. The molecule has 0 saturated heterocycles. The number of carbonyl (C=O) groups is 3. The summed E-state index contributed by atoms with van der Waals surface area (Å²) < 4.78 is 16.0. The summed E-state index contributed by atoms with van der Waals surface area (Å²) in [5.41, 5.74) is 2.59. The quantitative estimate of drug-likeness (QED) is 0.309. The van der Waals surface area contributed by atoms with Crippen molar-refractivity contribution in [2.24, 2.45) is 16.8 Å². The van der Waals surface area contributed by atoms with Crippen molar-refractivity contribution in [3.63, 3.8) is 0 Å². The molecule has 2 aliphatic rings. The molecule has 2 aromatic carbocycles. The van der Waals surface area contributed by atoms with Gasteiger partial charge in [-0.25, -0.2) is 4.79 Å². The molecule has 1 saturated carbocycles. The molecular weight excluding hydrogens is 529 g/mol. The maximum atomic E-state index is 14.3. The molecule has 9 heteroatoms. The Hall–Kier alpha value is -3.16. The van der Waals surface area contributed by atoms with E-state index in [-0.39, 0.29) is 24.6 Å². The second-order valence-corrected chi connectivity index (χ2v) is 10.0. The lowest BCUT2D eigenvalue weighted by Gasteiger charge is -2.41. The molecule has 0 amide bonds. The number of halogens is 2. The third-order valence-electron chi connectivity index (χ3n) is 7.03. The van der Waals surface area contributed by atoms with Crippen LogP contribution in [0.25, 0.3) is 0 Å². The lowest BCUT2D eigenvalue weighted by atomic mass is 9.62. The Balaban J connectivity index is 1.90. The van der Waals surface area contributed by atoms with Crippen LogP contribution >= 0.6 is 23.2 Å². The molecule has 0 aromatic heterocycles. The number of Topliss-reactive ketones (excluding diaryl/α,β-unsaturated/α-hetero) is 1. The van der Waals surface area contributed by atoms with Gasteiger partial charge >= 0.3 is 11.9 Å². The van der Waals surface area contributed by atoms with Gasteiger partial charge < -0.3 is 14.2 Å². The minimum Gasteiger partial charge on any atom is -0.497 e. The zero-order valence-electron chi connectivity index (χ0n) is 21.6. The number of esters is 2. The van der Waals surface area contributed by atoms with Crippen molar-refractivity contribution in [3.8, 4) is 5.75 Å². The first-order valence-electron chi connectivity index (χ1n) is 12.5. The van der Waals surface area contributed by atoms with Crippen molar-refractivity contribution >= 4 is 46.6 Å². The summed E-state index contributed by atoms with van der Waals surface area (Å²) in [5.74, 6) is -4.20. The van der Waals surface area contributed by atoms with E-state index in [1.165, 1.54) is 0 Å². The number of ketones is 1. The van der Waals surface area contributed by atoms with Gasteiger partial charge in [-0.3, -0.25) is 14.6 Å². The van der Waals surface area contributed by atoms with Crippen LogP contribution in [0.3, 0.4) is 0 Å². The summed E-state index contributed by atoms with van der Waals surface area (Å²) in [6.07, 6.45) is 0.321. The number of rotatable bonds is 7. The number of carbonyl (C=O) groups excluding carboxylic acids is 3. The summed E-state index contributed by atoms with van der Waals surface area (Å²) in [4.78, 5) is 45.5. The van der Waals surface area contributed by atoms with E-state index in [4.69, 9.17) is 42.4 Å². The number of nitrogens with zero attached hydrogens (tertiary/aromatic N) is 1. The van der Waals surface area contributed by atoms with Gasteiger partial charge in [-0.15, -0.1) is 0 Å². The third-order valence-corrected chi connectivity index (χ3v) is 7.59. The average Bonchev–Trinajstić information content (AvgIpc) is 2.88. The molecule has 1 aliphatic carbocycles. The summed E-state index contributed by atoms with van der Waals surface area (Å²) >= 11 is 12.8. The lowest BCUT2D eigenvalue weighted by Crippen LogP contribution is -2.48. The van der Waals surface area contributed by atoms with Crippen LogP contribution in [0, 0.1) is 11.8 Å². The Labute approximate surface area is 231 Å². The van der Waals surface area contributed by atoms with E-state index in [0.717, 1.165) is 5.56 Å². The first-order chi connectivity index (χ1) is 18.2. The van der Waals surface area contributed by atoms with Crippen molar-refractivity contribution in [2.45, 2.75) is 39.0 Å². The van der Waals surface area contributed by atoms with Crippen LogP contribution in [0.4, 0.5) is 0 Å². The predicted octanol–water partition coefficient (Wildman–Crippen LogP) is 5.93. The SMILES string of the molecule is CCOC(=O)C1=C(C)N=C2C[C@H](c3ccc(OC)cc3)[C@@H](C(=O)OCC)C(=O)C2[C@@H]1c1ccc(Cl)cc1Cl. The van der Waals surface area contributed by atoms with Crippen LogP contribution in [0.5, 0.6) is 5.75 Å². The maximum Gasteiger partial charge on any atom is 0.336 e. The van der Waals surface area contributed by atoms with E-state index >= 15 is 0 Å². The van der Waals surface area contributed by atoms with E-state index in [1.807, 2.05) is 12.1 Å². The fourth-order valence-corrected chi connectivity index (χ4v) is 5.94. The Morgan fingerprint density at radius 3 is 2.29 bits per heavy atom. The molecule has 1 unspecified atom stereocenters. The van der Waals surface area contributed by atoms with Crippen LogP contribution in [0.2, 0.25) is 10.0 Å². The molecule has 2 aromatic rings. The maximum absolute atomic E-state index is 14.3. The second kappa shape index (κ2) is 11.7. The molecule has 0 spiro atoms. The van der Waals surface area contributed by atoms with Crippen LogP contribution in [0.15, 0.2) is 58.7 Å². The second-order valence-electron chi connectivity index (χ2n) is 9.16. The van der Waals surface area contributed by atoms with E-state index in [2.05, 4.69) is 0 Å². The van der Waals surface area contributed by atoms with E-state index in [0.29, 0.717) is 39.2 Å². The van der Waals surface area contributed by atoms with Crippen molar-refractivity contribution in [1.82, 2.24) is 0 Å². The minimum absolute atomic E-state index is 0.128. The first-order valence-corrected chi connectivity index (χ1v) is 13.2. The van der Waals surface area contributed by atoms with Crippen LogP contribution in [-0.4, -0.2) is 43.8 Å². The third kappa shape index (κ3) is 5.22. The standard InChI is InChI=1S/C29H29Cl2NO6/c1-5-37-28(34)23-15(3)32-22-14-20(16-7-10-18(36-4)11-8-16)25(29(35)38-6-2)27(33)26(22)24(23)19-12-9-17(30)13-21(19)31/h7-13,20,24-26H,5-6,14H2,1-4H3/t20-,24-,25-,26?/m1/s1. The fraction of sp³-hybridized carbons (Fsp3) is 0.379. The van der Waals surface area contributed by atoms with E-state index in [9.17, 15) is 14.4 Å². The Kier molecular flexibility index (Phi) is 8.58. The van der Waals surface area contributed by atoms with Crippen molar-refractivity contribution in [1.29, 1.82) is 0 Å². The number of allylic oxidation sites excluding steroid dienone is 1. The molecule has 7 nitrogen and oxygen atoms in total. The van der Waals surface area contributed by atoms with Crippen molar-refractivity contribution in [2.75, 3.05) is 20.3 Å². The van der Waals surface area contributed by atoms with E-state index < -0.39 is 35.6 Å². The molecule has 200 valence electrons. The number of methoxy groups -OCH3 is 1. The Bertz CT molecular complexity index is 1320. The zero-order chi connectivity index (χ0) is 27.6. The summed E-state index contributed by atoms with van der Waals surface area (Å²) in [6.45, 7) is 5.40. The smallest absolute Gasteiger partial charge is 0.336 e. The topological polar surface area (TPSA) is 91.3 Å². The van der Waals surface area contributed by atoms with Crippen LogP contribution < -0.4 is 4.74 Å². The average molecular weight is 558 g/mol. The first kappa shape index (κ1) is 27.9. The zero-order valence-corrected chi connectivity index (χ0v) is 23.1. The Morgan fingerprint density at radius 1 is 1.00 bits per heavy atom. The highest BCUT2D eigenvalue weighted by Crippen LogP contribution is 2.49. The van der Waals surface area contributed by atoms with Gasteiger partial charge in [-0.1, -0.05) is 41.4 Å². The molecule has 0 radical (unpaired) electrons. The number of ether oxygens (including phenoxy) is 3. The Morgan fingerprint density at radius 2 is 1.68 bits per heavy atom. The van der Waals surface area contributed by atoms with Gasteiger partial charge in [0.25, 0.3) is 0 Å². The number of benzene rings is 2. The lowest BCUT2D eigenvalue weighted by molar-refractivity contribution is -0.153. The van der Waals surface area contributed by atoms with Gasteiger partial charge in [0.15, 0.2) is 5.78 Å². The molecule has 4 atom stereocenters. The van der Waals surface area contributed by atoms with Gasteiger partial charge in [-0.05, 0) is 62.6 Å². The number of hydrogen-bond donors (Lipinski definition) is 0. The molecule has 38 heavy (non-hydrogen) atoms. The number of fused-ring (bicyclic) bond motifs is 1. The molecule has 1 heterocycles. The summed E-state index contributed by atoms with van der Waals surface area (Å²) in [5, 5.41) is 0.719. The highest BCUT2D eigenvalue weighted by Gasteiger charge is 2.53. The fourth-order valence-electron chi connectivity index (χ4n) is 5.41. The van der Waals surface area contributed by atoms with Crippen LogP contribution in [0.1, 0.15) is 50.2 Å². The molecular formula is C29H29Cl2NO6. The predicted molar refractivity (Wildman–Crippen MR) is 145 cm³/mol. The highest BCUT2D eigenvalue weighted by molar-refractivity contribution is 6.35. The largest absolute Gasteiger partial charge is 0.497 e. The van der Waals surface area contributed by atoms with Gasteiger partial charge in [-0.2, -0.15) is 0 Å². The number of aliphatic imine (C=N–C) groups is 1.